The van der Waals surface area contributed by atoms with E-state index in [4.69, 9.17) is 11.6 Å². The Labute approximate surface area is 224 Å². The largest absolute Gasteiger partial charge is 0.390 e. The molecule has 0 spiro atoms. The van der Waals surface area contributed by atoms with Crippen LogP contribution in [0, 0.1) is 23.5 Å². The topological polar surface area (TPSA) is 133 Å². The number of carbonyl (C=O) groups is 2. The summed E-state index contributed by atoms with van der Waals surface area (Å²) >= 11 is 6.22. The van der Waals surface area contributed by atoms with Crippen LogP contribution in [0.5, 0.6) is 0 Å². The predicted molar refractivity (Wildman–Crippen MR) is 136 cm³/mol. The summed E-state index contributed by atoms with van der Waals surface area (Å²) in [5, 5.41) is 25.1. The number of anilines is 1. The molecule has 3 aliphatic carbocycles. The zero-order chi connectivity index (χ0) is 28.0. The highest BCUT2D eigenvalue weighted by Crippen LogP contribution is 2.55. The molecule has 0 saturated heterocycles. The van der Waals surface area contributed by atoms with Crippen molar-refractivity contribution in [2.24, 2.45) is 11.8 Å². The maximum Gasteiger partial charge on any atom is 0.255 e. The Morgan fingerprint density at radius 3 is 2.34 bits per heavy atom. The second-order valence-electron chi connectivity index (χ2n) is 10.8. The fourth-order valence-electron chi connectivity index (χ4n) is 5.31. The highest BCUT2D eigenvalue weighted by atomic mass is 35.5. The van der Waals surface area contributed by atoms with E-state index in [1.807, 2.05) is 0 Å². The van der Waals surface area contributed by atoms with Gasteiger partial charge in [-0.05, 0) is 75.3 Å². The fraction of sp³-hybridized carbons (Fsp3) is 0.462. The van der Waals surface area contributed by atoms with Crippen LogP contribution in [0.25, 0.3) is 0 Å². The van der Waals surface area contributed by atoms with Crippen LogP contribution in [-0.4, -0.2) is 53.4 Å². The van der Waals surface area contributed by atoms with E-state index in [1.54, 1.807) is 0 Å². The minimum atomic E-state index is -3.99. The van der Waals surface area contributed by atoms with Crippen molar-refractivity contribution >= 4 is 38.9 Å². The van der Waals surface area contributed by atoms with Gasteiger partial charge in [0.1, 0.15) is 0 Å². The van der Waals surface area contributed by atoms with Gasteiger partial charge in [0.05, 0.1) is 32.8 Å². The van der Waals surface area contributed by atoms with Crippen LogP contribution in [0.2, 0.25) is 5.02 Å². The predicted octanol–water partition coefficient (Wildman–Crippen LogP) is 3.45. The third-order valence-electron chi connectivity index (χ3n) is 7.36. The molecule has 8 nitrogen and oxygen atoms in total. The zero-order valence-electron chi connectivity index (χ0n) is 20.8. The van der Waals surface area contributed by atoms with Crippen molar-refractivity contribution in [1.29, 1.82) is 0 Å². The summed E-state index contributed by atoms with van der Waals surface area (Å²) in [6.45, 7) is 2.97. The molecule has 3 fully saturated rings. The molecule has 2 aromatic carbocycles. The van der Waals surface area contributed by atoms with Gasteiger partial charge in [-0.25, -0.2) is 17.2 Å². The molecule has 0 aliphatic heterocycles. The van der Waals surface area contributed by atoms with Crippen molar-refractivity contribution in [3.8, 4) is 0 Å². The maximum absolute atomic E-state index is 13.5. The Kier molecular flexibility index (Phi) is 7.61. The summed E-state index contributed by atoms with van der Waals surface area (Å²) in [5.74, 6) is -4.08. The van der Waals surface area contributed by atoms with Crippen LogP contribution in [0.4, 0.5) is 14.5 Å². The van der Waals surface area contributed by atoms with Gasteiger partial charge in [0.2, 0.25) is 5.91 Å². The molecule has 3 aliphatic rings. The third-order valence-corrected chi connectivity index (χ3v) is 10.0. The number of hydrogen-bond acceptors (Lipinski definition) is 6. The Balaban J connectivity index is 1.46. The van der Waals surface area contributed by atoms with Gasteiger partial charge >= 0.3 is 0 Å². The van der Waals surface area contributed by atoms with E-state index in [0.29, 0.717) is 6.42 Å². The lowest BCUT2D eigenvalue weighted by molar-refractivity contribution is -0.174. The molecule has 5 rings (SSSR count). The van der Waals surface area contributed by atoms with Gasteiger partial charge in [-0.3, -0.25) is 9.59 Å². The van der Waals surface area contributed by atoms with Crippen LogP contribution in [0.1, 0.15) is 49.9 Å². The van der Waals surface area contributed by atoms with E-state index < -0.39 is 49.7 Å². The number of hydrogen-bond donors (Lipinski definition) is 4. The molecule has 12 heteroatoms. The summed E-state index contributed by atoms with van der Waals surface area (Å²) in [6, 6.07) is 6.60. The molecule has 2 bridgehead atoms. The molecule has 206 valence electrons. The highest BCUT2D eigenvalue weighted by Gasteiger charge is 2.60. The second kappa shape index (κ2) is 10.2. The summed E-state index contributed by atoms with van der Waals surface area (Å²) in [4.78, 5) is 24.5. The van der Waals surface area contributed by atoms with Crippen LogP contribution in [-0.2, 0) is 14.6 Å². The van der Waals surface area contributed by atoms with Crippen molar-refractivity contribution in [1.82, 2.24) is 5.32 Å². The average molecular weight is 571 g/mol. The molecule has 0 heterocycles. The first-order chi connectivity index (χ1) is 17.6. The second-order valence-corrected chi connectivity index (χ2v) is 13.4. The molecule has 2 amide bonds. The molecule has 2 aromatic rings. The van der Waals surface area contributed by atoms with E-state index in [-0.39, 0.29) is 58.8 Å². The molecular weight excluding hydrogens is 542 g/mol. The lowest BCUT2D eigenvalue weighted by Crippen LogP contribution is -2.66. The minimum absolute atomic E-state index is 0.00504. The van der Waals surface area contributed by atoms with Gasteiger partial charge in [-0.1, -0.05) is 11.6 Å². The van der Waals surface area contributed by atoms with E-state index in [9.17, 15) is 37.0 Å². The molecule has 2 atom stereocenters. The zero-order valence-corrected chi connectivity index (χ0v) is 22.4. The normalized spacial score (nSPS) is 24.9. The Morgan fingerprint density at radius 1 is 1.08 bits per heavy atom. The lowest BCUT2D eigenvalue weighted by Gasteiger charge is -2.58. The first-order valence-corrected chi connectivity index (χ1v) is 14.0. The number of sulfone groups is 1. The molecule has 2 unspecified atom stereocenters. The van der Waals surface area contributed by atoms with Crippen LogP contribution >= 0.6 is 11.6 Å². The van der Waals surface area contributed by atoms with Gasteiger partial charge in [0, 0.05) is 23.9 Å². The van der Waals surface area contributed by atoms with Gasteiger partial charge in [0.25, 0.3) is 5.91 Å². The lowest BCUT2D eigenvalue weighted by atomic mass is 9.53. The first kappa shape index (κ1) is 28.4. The van der Waals surface area contributed by atoms with Crippen molar-refractivity contribution in [3.05, 3.63) is 58.6 Å². The smallest absolute Gasteiger partial charge is 0.255 e. The standard InChI is InChI=1S/C26H29ClF2N2O6S/c1-25(2,34)12-23(32)30-13-26(35)15-8-16(26)10-18(9-15)38(36,37)22-7-14(3-5-19(22)27)24(33)31-17-4-6-20(28)21(29)11-17/h3-7,11,15-16,18,34-35H,8-10,12-13H2,1-2H3,(H,30,32)(H,31,33). The number of aliphatic hydroxyl groups is 2. The Morgan fingerprint density at radius 2 is 1.74 bits per heavy atom. The van der Waals surface area contributed by atoms with Crippen LogP contribution in [0.3, 0.4) is 0 Å². The number of benzene rings is 2. The summed E-state index contributed by atoms with van der Waals surface area (Å²) in [6.07, 6.45) is 0.791. The highest BCUT2D eigenvalue weighted by molar-refractivity contribution is 7.92. The first-order valence-electron chi connectivity index (χ1n) is 12.1. The fourth-order valence-corrected chi connectivity index (χ4v) is 7.71. The number of fused-ring (bicyclic) bond motifs is 2. The van der Waals surface area contributed by atoms with Crippen molar-refractivity contribution < 1.29 is 37.0 Å². The quantitative estimate of drug-likeness (QED) is 0.384. The van der Waals surface area contributed by atoms with Crippen LogP contribution in [0.15, 0.2) is 41.3 Å². The molecular formula is C26H29ClF2N2O6S. The van der Waals surface area contributed by atoms with Gasteiger partial charge in [-0.15, -0.1) is 0 Å². The molecule has 0 aromatic heterocycles. The van der Waals surface area contributed by atoms with Gasteiger partial charge < -0.3 is 20.8 Å². The minimum Gasteiger partial charge on any atom is -0.390 e. The number of nitrogens with one attached hydrogen (secondary N) is 2. The number of amides is 2. The van der Waals surface area contributed by atoms with E-state index in [2.05, 4.69) is 10.6 Å². The van der Waals surface area contributed by atoms with E-state index >= 15 is 0 Å². The monoisotopic (exact) mass is 570 g/mol. The Bertz CT molecular complexity index is 1370. The van der Waals surface area contributed by atoms with Gasteiger partial charge in [-0.2, -0.15) is 0 Å². The van der Waals surface area contributed by atoms with Crippen LogP contribution < -0.4 is 10.6 Å². The van der Waals surface area contributed by atoms with Crippen molar-refractivity contribution in [2.45, 2.75) is 60.9 Å². The number of halogens is 3. The van der Waals surface area contributed by atoms with E-state index in [0.717, 1.165) is 18.2 Å². The molecule has 38 heavy (non-hydrogen) atoms. The van der Waals surface area contributed by atoms with Crippen molar-refractivity contribution in [3.63, 3.8) is 0 Å². The Hall–Kier alpha value is -2.60. The molecule has 0 radical (unpaired) electrons. The molecule has 3 saturated carbocycles. The maximum atomic E-state index is 13.5. The third kappa shape index (κ3) is 5.70. The summed E-state index contributed by atoms with van der Waals surface area (Å²) in [5.41, 5.74) is -2.47. The average Bonchev–Trinajstić information content (AvgIpc) is 2.83. The summed E-state index contributed by atoms with van der Waals surface area (Å²) in [7, 11) is -3.99. The number of carbonyl (C=O) groups excluding carboxylic acids is 2. The summed E-state index contributed by atoms with van der Waals surface area (Å²) < 4.78 is 53.7. The SMILES string of the molecule is CC(C)(O)CC(=O)NCC1(O)C2CC1CC(S(=O)(=O)c1cc(C(=O)Nc3ccc(F)c(F)c3)ccc1Cl)C2. The molecule has 4 N–H and O–H groups in total. The van der Waals surface area contributed by atoms with Gasteiger partial charge in [0.15, 0.2) is 21.5 Å². The number of rotatable bonds is 8. The van der Waals surface area contributed by atoms with E-state index in [1.165, 1.54) is 32.0 Å². The van der Waals surface area contributed by atoms with Crippen molar-refractivity contribution in [2.75, 3.05) is 11.9 Å².